The fourth-order valence-corrected chi connectivity index (χ4v) is 2.08. The first kappa shape index (κ1) is 13.5. The van der Waals surface area contributed by atoms with E-state index in [1.807, 2.05) is 12.1 Å². The fourth-order valence-electron chi connectivity index (χ4n) is 2.08. The minimum Gasteiger partial charge on any atom is -0.464 e. The Hall–Kier alpha value is -1.95. The van der Waals surface area contributed by atoms with E-state index in [0.717, 1.165) is 11.3 Å². The second-order valence-electron chi connectivity index (χ2n) is 4.35. The van der Waals surface area contributed by atoms with Gasteiger partial charge in [-0.2, -0.15) is 0 Å². The number of carbonyl (C=O) groups excluding carboxylic acids is 2. The van der Waals surface area contributed by atoms with Crippen molar-refractivity contribution in [1.82, 2.24) is 9.88 Å². The van der Waals surface area contributed by atoms with Crippen molar-refractivity contribution < 1.29 is 14.3 Å². The molecule has 0 saturated heterocycles. The summed E-state index contributed by atoms with van der Waals surface area (Å²) in [5, 5.41) is 0. The SMILES string of the molecule is CCOC(=O)C(N)C(=O)N1CCc2ncccc2C1. The third kappa shape index (κ3) is 2.90. The monoisotopic (exact) mass is 263 g/mol. The summed E-state index contributed by atoms with van der Waals surface area (Å²) in [6.45, 7) is 2.86. The molecule has 2 rings (SSSR count). The molecule has 1 amide bonds. The van der Waals surface area contributed by atoms with E-state index in [-0.39, 0.29) is 6.61 Å². The van der Waals surface area contributed by atoms with Gasteiger partial charge in [0, 0.05) is 31.4 Å². The van der Waals surface area contributed by atoms with E-state index < -0.39 is 17.9 Å². The van der Waals surface area contributed by atoms with Crippen LogP contribution in [0, 0.1) is 0 Å². The number of aromatic nitrogens is 1. The van der Waals surface area contributed by atoms with Crippen molar-refractivity contribution in [3.05, 3.63) is 29.6 Å². The molecule has 1 aliphatic heterocycles. The molecule has 0 saturated carbocycles. The van der Waals surface area contributed by atoms with Crippen molar-refractivity contribution in [3.63, 3.8) is 0 Å². The summed E-state index contributed by atoms with van der Waals surface area (Å²) in [6.07, 6.45) is 2.41. The van der Waals surface area contributed by atoms with Gasteiger partial charge in [0.1, 0.15) is 0 Å². The molecule has 6 heteroatoms. The van der Waals surface area contributed by atoms with Gasteiger partial charge in [-0.1, -0.05) is 6.07 Å². The Kier molecular flexibility index (Phi) is 4.11. The summed E-state index contributed by atoms with van der Waals surface area (Å²) in [5.74, 6) is -1.07. The predicted octanol–water partition coefficient (Wildman–Crippen LogP) is -0.143. The maximum absolute atomic E-state index is 12.1. The lowest BCUT2D eigenvalue weighted by Crippen LogP contribution is -2.50. The molecule has 19 heavy (non-hydrogen) atoms. The number of rotatable bonds is 3. The summed E-state index contributed by atoms with van der Waals surface area (Å²) < 4.78 is 4.76. The molecule has 1 aromatic rings. The fraction of sp³-hybridized carbons (Fsp3) is 0.462. The number of fused-ring (bicyclic) bond motifs is 1. The molecule has 2 N–H and O–H groups in total. The van der Waals surface area contributed by atoms with Crippen LogP contribution in [0.5, 0.6) is 0 Å². The molecular formula is C13H17N3O3. The quantitative estimate of drug-likeness (QED) is 0.606. The highest BCUT2D eigenvalue weighted by Crippen LogP contribution is 2.16. The van der Waals surface area contributed by atoms with E-state index in [1.165, 1.54) is 0 Å². The first-order chi connectivity index (χ1) is 9.13. The van der Waals surface area contributed by atoms with Crippen molar-refractivity contribution in [2.75, 3.05) is 13.2 Å². The smallest absolute Gasteiger partial charge is 0.332 e. The highest BCUT2D eigenvalue weighted by molar-refractivity contribution is 6.01. The maximum atomic E-state index is 12.1. The Balaban J connectivity index is 2.04. The highest BCUT2D eigenvalue weighted by Gasteiger charge is 2.30. The minimum absolute atomic E-state index is 0.215. The van der Waals surface area contributed by atoms with Crippen LogP contribution in [0.1, 0.15) is 18.2 Å². The second kappa shape index (κ2) is 5.79. The molecule has 0 radical (unpaired) electrons. The summed E-state index contributed by atoms with van der Waals surface area (Å²) in [5.41, 5.74) is 7.61. The molecule has 1 aliphatic rings. The molecule has 6 nitrogen and oxygen atoms in total. The largest absolute Gasteiger partial charge is 0.464 e. The number of nitrogens with zero attached hydrogens (tertiary/aromatic N) is 2. The Morgan fingerprint density at radius 3 is 3.11 bits per heavy atom. The Labute approximate surface area is 111 Å². The Morgan fingerprint density at radius 1 is 1.58 bits per heavy atom. The van der Waals surface area contributed by atoms with Gasteiger partial charge in [-0.3, -0.25) is 9.78 Å². The molecule has 0 spiro atoms. The average molecular weight is 263 g/mol. The first-order valence-electron chi connectivity index (χ1n) is 6.27. The van der Waals surface area contributed by atoms with Crippen LogP contribution < -0.4 is 5.73 Å². The second-order valence-corrected chi connectivity index (χ2v) is 4.35. The molecule has 1 atom stereocenters. The van der Waals surface area contributed by atoms with Crippen molar-refractivity contribution in [2.45, 2.75) is 25.9 Å². The van der Waals surface area contributed by atoms with Gasteiger partial charge in [0.25, 0.3) is 5.91 Å². The summed E-state index contributed by atoms with van der Waals surface area (Å²) in [4.78, 5) is 29.4. The number of carbonyl (C=O) groups is 2. The van der Waals surface area contributed by atoms with Crippen LogP contribution in [0.25, 0.3) is 0 Å². The molecule has 0 aromatic carbocycles. The van der Waals surface area contributed by atoms with Gasteiger partial charge in [-0.15, -0.1) is 0 Å². The zero-order valence-corrected chi connectivity index (χ0v) is 10.8. The van der Waals surface area contributed by atoms with Crippen molar-refractivity contribution in [2.24, 2.45) is 5.73 Å². The van der Waals surface area contributed by atoms with Crippen LogP contribution in [0.4, 0.5) is 0 Å². The molecule has 102 valence electrons. The van der Waals surface area contributed by atoms with Crippen LogP contribution in [-0.4, -0.2) is 41.0 Å². The topological polar surface area (TPSA) is 85.5 Å². The van der Waals surface area contributed by atoms with E-state index in [9.17, 15) is 9.59 Å². The van der Waals surface area contributed by atoms with E-state index in [4.69, 9.17) is 10.5 Å². The molecule has 0 aliphatic carbocycles. The molecule has 1 unspecified atom stereocenters. The third-order valence-corrected chi connectivity index (χ3v) is 3.08. The van der Waals surface area contributed by atoms with Gasteiger partial charge >= 0.3 is 5.97 Å². The Morgan fingerprint density at radius 2 is 2.37 bits per heavy atom. The van der Waals surface area contributed by atoms with Gasteiger partial charge in [0.2, 0.25) is 0 Å². The number of hydrogen-bond acceptors (Lipinski definition) is 5. The van der Waals surface area contributed by atoms with Crippen molar-refractivity contribution >= 4 is 11.9 Å². The highest BCUT2D eigenvalue weighted by atomic mass is 16.5. The summed E-state index contributed by atoms with van der Waals surface area (Å²) in [6, 6.07) is 2.52. The van der Waals surface area contributed by atoms with Crippen LogP contribution in [0.15, 0.2) is 18.3 Å². The van der Waals surface area contributed by atoms with Crippen LogP contribution in [-0.2, 0) is 27.3 Å². The third-order valence-electron chi connectivity index (χ3n) is 3.08. The number of pyridine rings is 1. The number of nitrogens with two attached hydrogens (primary N) is 1. The molecule has 0 bridgehead atoms. The van der Waals surface area contributed by atoms with E-state index in [0.29, 0.717) is 19.5 Å². The van der Waals surface area contributed by atoms with Crippen LogP contribution >= 0.6 is 0 Å². The van der Waals surface area contributed by atoms with E-state index >= 15 is 0 Å². The maximum Gasteiger partial charge on any atom is 0.332 e. The van der Waals surface area contributed by atoms with Crippen LogP contribution in [0.2, 0.25) is 0 Å². The Bertz CT molecular complexity index is 490. The summed E-state index contributed by atoms with van der Waals surface area (Å²) >= 11 is 0. The number of amides is 1. The van der Waals surface area contributed by atoms with Crippen molar-refractivity contribution in [1.29, 1.82) is 0 Å². The normalized spacial score (nSPS) is 15.6. The van der Waals surface area contributed by atoms with Gasteiger partial charge in [0.15, 0.2) is 6.04 Å². The first-order valence-corrected chi connectivity index (χ1v) is 6.27. The standard InChI is InChI=1S/C13H17N3O3/c1-2-19-13(18)11(14)12(17)16-7-5-10-9(8-16)4-3-6-15-10/h3-4,6,11H,2,5,7-8,14H2,1H3. The zero-order chi connectivity index (χ0) is 13.8. The molecule has 2 heterocycles. The molecular weight excluding hydrogens is 246 g/mol. The van der Waals surface area contributed by atoms with Gasteiger partial charge in [-0.25, -0.2) is 4.79 Å². The van der Waals surface area contributed by atoms with Gasteiger partial charge in [-0.05, 0) is 18.6 Å². The number of esters is 1. The van der Waals surface area contributed by atoms with Gasteiger partial charge < -0.3 is 15.4 Å². The lowest BCUT2D eigenvalue weighted by atomic mass is 10.1. The lowest BCUT2D eigenvalue weighted by molar-refractivity contribution is -0.151. The van der Waals surface area contributed by atoms with Crippen LogP contribution in [0.3, 0.4) is 0 Å². The minimum atomic E-state index is -1.24. The molecule has 1 aromatic heterocycles. The average Bonchev–Trinajstić information content (AvgIpc) is 2.45. The van der Waals surface area contributed by atoms with E-state index in [1.54, 1.807) is 18.0 Å². The number of hydrogen-bond donors (Lipinski definition) is 1. The zero-order valence-electron chi connectivity index (χ0n) is 10.8. The molecule has 0 fully saturated rings. The van der Waals surface area contributed by atoms with Crippen molar-refractivity contribution in [3.8, 4) is 0 Å². The predicted molar refractivity (Wildman–Crippen MR) is 68.0 cm³/mol. The lowest BCUT2D eigenvalue weighted by Gasteiger charge is -2.29. The van der Waals surface area contributed by atoms with E-state index in [2.05, 4.69) is 4.98 Å². The van der Waals surface area contributed by atoms with Gasteiger partial charge in [0.05, 0.1) is 6.61 Å². The number of ether oxygens (including phenoxy) is 1. The summed E-state index contributed by atoms with van der Waals surface area (Å²) in [7, 11) is 0.